The number of sulfonamides is 1. The van der Waals surface area contributed by atoms with Gasteiger partial charge in [-0.25, -0.2) is 27.9 Å². The lowest BCUT2D eigenvalue weighted by Gasteiger charge is -2.13. The van der Waals surface area contributed by atoms with Crippen molar-refractivity contribution < 1.29 is 22.7 Å². The van der Waals surface area contributed by atoms with Gasteiger partial charge < -0.3 is 14.6 Å². The van der Waals surface area contributed by atoms with Crippen LogP contribution in [0.25, 0.3) is 22.3 Å². The number of aromatic nitrogens is 3. The van der Waals surface area contributed by atoms with E-state index >= 15 is 0 Å². The van der Waals surface area contributed by atoms with Crippen LogP contribution >= 0.6 is 0 Å². The molecule has 10 nitrogen and oxygen atoms in total. The van der Waals surface area contributed by atoms with Gasteiger partial charge in [-0.05, 0) is 48.6 Å². The van der Waals surface area contributed by atoms with Crippen LogP contribution in [0.1, 0.15) is 68.6 Å². The summed E-state index contributed by atoms with van der Waals surface area (Å²) in [6.45, 7) is 6.54. The van der Waals surface area contributed by atoms with E-state index in [1.54, 1.807) is 30.3 Å². The van der Waals surface area contributed by atoms with E-state index in [0.717, 1.165) is 65.9 Å². The van der Waals surface area contributed by atoms with Gasteiger partial charge in [-0.15, -0.1) is 0 Å². The number of anilines is 1. The topological polar surface area (TPSA) is 132 Å². The van der Waals surface area contributed by atoms with Crippen molar-refractivity contribution in [3.63, 3.8) is 0 Å². The second-order valence-corrected chi connectivity index (χ2v) is 13.3. The molecule has 0 fully saturated rings. The SMILES string of the molecule is CCCCC(=O)Nc1cc2nc(CCCC)n(Cc3ccc(-c4ccccc4S(=O)(=O)NC(=O)OCc4ccccc4)cc3)c2nc1C. The Morgan fingerprint density at radius 2 is 1.56 bits per heavy atom. The van der Waals surface area contributed by atoms with Crippen LogP contribution in [0, 0.1) is 6.92 Å². The van der Waals surface area contributed by atoms with Crippen molar-refractivity contribution in [3.05, 3.63) is 108 Å². The molecule has 5 rings (SSSR count). The second kappa shape index (κ2) is 15.7. The molecular weight excluding hydrogens is 627 g/mol. The van der Waals surface area contributed by atoms with Crippen molar-refractivity contribution >= 4 is 38.9 Å². The Kier molecular flexibility index (Phi) is 11.2. The summed E-state index contributed by atoms with van der Waals surface area (Å²) in [5.41, 5.74) is 5.72. The average molecular weight is 668 g/mol. The molecule has 2 N–H and O–H groups in total. The highest BCUT2D eigenvalue weighted by Gasteiger charge is 2.23. The molecule has 0 atom stereocenters. The minimum Gasteiger partial charge on any atom is -0.444 e. The van der Waals surface area contributed by atoms with E-state index in [0.29, 0.717) is 29.8 Å². The van der Waals surface area contributed by atoms with Crippen LogP contribution in [0.3, 0.4) is 0 Å². The molecule has 3 aromatic carbocycles. The smallest absolute Gasteiger partial charge is 0.421 e. The van der Waals surface area contributed by atoms with Gasteiger partial charge in [0.15, 0.2) is 5.65 Å². The number of aryl methyl sites for hydroxylation is 2. The van der Waals surface area contributed by atoms with Gasteiger partial charge in [0.25, 0.3) is 10.0 Å². The number of nitrogens with one attached hydrogen (secondary N) is 2. The molecule has 2 aromatic heterocycles. The quantitative estimate of drug-likeness (QED) is 0.125. The maximum atomic E-state index is 13.3. The number of nitrogens with zero attached hydrogens (tertiary/aromatic N) is 3. The third-order valence-electron chi connectivity index (χ3n) is 7.99. The fourth-order valence-corrected chi connectivity index (χ4v) is 6.50. The third-order valence-corrected chi connectivity index (χ3v) is 9.36. The normalized spacial score (nSPS) is 11.4. The number of fused-ring (bicyclic) bond motifs is 1. The molecule has 0 aliphatic heterocycles. The molecule has 0 saturated heterocycles. The van der Waals surface area contributed by atoms with Gasteiger partial charge in [-0.2, -0.15) is 0 Å². The van der Waals surface area contributed by atoms with Crippen molar-refractivity contribution in [2.75, 3.05) is 5.32 Å². The van der Waals surface area contributed by atoms with Crippen molar-refractivity contribution in [2.24, 2.45) is 0 Å². The van der Waals surface area contributed by atoms with Crippen molar-refractivity contribution in [1.82, 2.24) is 19.3 Å². The lowest BCUT2D eigenvalue weighted by molar-refractivity contribution is -0.116. The van der Waals surface area contributed by atoms with Crippen LogP contribution in [0.5, 0.6) is 0 Å². The van der Waals surface area contributed by atoms with Crippen LogP contribution in [-0.4, -0.2) is 35.0 Å². The highest BCUT2D eigenvalue weighted by atomic mass is 32.2. The Morgan fingerprint density at radius 3 is 2.29 bits per heavy atom. The van der Waals surface area contributed by atoms with Crippen LogP contribution in [0.4, 0.5) is 10.5 Å². The number of hydrogen-bond donors (Lipinski definition) is 2. The zero-order chi connectivity index (χ0) is 34.1. The number of ether oxygens (including phenoxy) is 1. The molecule has 2 amide bonds. The Bertz CT molecular complexity index is 1990. The molecule has 0 radical (unpaired) electrons. The van der Waals surface area contributed by atoms with E-state index in [2.05, 4.69) is 23.7 Å². The predicted molar refractivity (Wildman–Crippen MR) is 187 cm³/mol. The lowest BCUT2D eigenvalue weighted by atomic mass is 10.0. The molecule has 0 spiro atoms. The van der Waals surface area contributed by atoms with E-state index in [4.69, 9.17) is 14.7 Å². The minimum atomic E-state index is -4.22. The molecule has 48 heavy (non-hydrogen) atoms. The average Bonchev–Trinajstić information content (AvgIpc) is 3.41. The summed E-state index contributed by atoms with van der Waals surface area (Å²) in [5.74, 6) is 0.888. The van der Waals surface area contributed by atoms with Crippen LogP contribution in [0.2, 0.25) is 0 Å². The standard InChI is InChI=1S/C37H41N5O5S/c1-4-6-17-34-39-32-23-31(40-35(43)18-7-5-2)26(3)38-36(32)42(34)24-27-19-21-29(22-20-27)30-15-11-12-16-33(30)48(45,46)41-37(44)47-25-28-13-9-8-10-14-28/h8-16,19-23H,4-7,17-18,24-25H2,1-3H3,(H,40,43)(H,41,44). The Morgan fingerprint density at radius 1 is 0.854 bits per heavy atom. The zero-order valence-electron chi connectivity index (χ0n) is 27.5. The first-order valence-corrected chi connectivity index (χ1v) is 17.7. The van der Waals surface area contributed by atoms with Gasteiger partial charge in [0.2, 0.25) is 5.91 Å². The molecule has 0 aliphatic rings. The number of carbonyl (C=O) groups is 2. The van der Waals surface area contributed by atoms with Crippen LogP contribution in [0.15, 0.2) is 89.8 Å². The molecule has 0 saturated carbocycles. The Labute approximate surface area is 281 Å². The Balaban J connectivity index is 1.36. The van der Waals surface area contributed by atoms with Crippen molar-refractivity contribution in [1.29, 1.82) is 0 Å². The summed E-state index contributed by atoms with van der Waals surface area (Å²) in [5, 5.41) is 3.00. The van der Waals surface area contributed by atoms with Gasteiger partial charge in [0.05, 0.1) is 22.8 Å². The van der Waals surface area contributed by atoms with Crippen LogP contribution in [-0.2, 0) is 39.1 Å². The number of rotatable bonds is 14. The summed E-state index contributed by atoms with van der Waals surface area (Å²) in [4.78, 5) is 34.6. The van der Waals surface area contributed by atoms with Gasteiger partial charge in [0, 0.05) is 18.4 Å². The predicted octanol–water partition coefficient (Wildman–Crippen LogP) is 7.54. The van der Waals surface area contributed by atoms with Crippen LogP contribution < -0.4 is 10.0 Å². The van der Waals surface area contributed by atoms with E-state index in [9.17, 15) is 18.0 Å². The van der Waals surface area contributed by atoms with E-state index in [-0.39, 0.29) is 17.4 Å². The third kappa shape index (κ3) is 8.46. The highest BCUT2D eigenvalue weighted by Crippen LogP contribution is 2.29. The molecule has 0 aliphatic carbocycles. The van der Waals surface area contributed by atoms with E-state index < -0.39 is 16.1 Å². The lowest BCUT2D eigenvalue weighted by Crippen LogP contribution is -2.31. The second-order valence-electron chi connectivity index (χ2n) is 11.7. The van der Waals surface area contributed by atoms with Gasteiger partial charge in [-0.3, -0.25) is 4.79 Å². The molecule has 5 aromatic rings. The molecule has 2 heterocycles. The number of pyridine rings is 1. The summed E-state index contributed by atoms with van der Waals surface area (Å²) in [7, 11) is -4.22. The number of imidazole rings is 1. The summed E-state index contributed by atoms with van der Waals surface area (Å²) < 4.78 is 35.8. The largest absolute Gasteiger partial charge is 0.444 e. The molecule has 250 valence electrons. The first-order chi connectivity index (χ1) is 23.2. The van der Waals surface area contributed by atoms with Gasteiger partial charge in [0.1, 0.15) is 17.9 Å². The Hall–Kier alpha value is -5.03. The molecule has 11 heteroatoms. The summed E-state index contributed by atoms with van der Waals surface area (Å²) in [6.07, 6.45) is 3.97. The summed E-state index contributed by atoms with van der Waals surface area (Å²) >= 11 is 0. The first kappa shape index (κ1) is 34.3. The fourth-order valence-electron chi connectivity index (χ4n) is 5.38. The first-order valence-electron chi connectivity index (χ1n) is 16.3. The van der Waals surface area contributed by atoms with Gasteiger partial charge >= 0.3 is 6.09 Å². The zero-order valence-corrected chi connectivity index (χ0v) is 28.3. The number of carbonyl (C=O) groups excluding carboxylic acids is 2. The fraction of sp³-hybridized carbons (Fsp3) is 0.297. The number of hydrogen-bond acceptors (Lipinski definition) is 7. The number of amides is 2. The molecule has 0 unspecified atom stereocenters. The highest BCUT2D eigenvalue weighted by molar-refractivity contribution is 7.90. The van der Waals surface area contributed by atoms with E-state index in [1.165, 1.54) is 6.07 Å². The minimum absolute atomic E-state index is 0.0278. The van der Waals surface area contributed by atoms with Crippen molar-refractivity contribution in [3.8, 4) is 11.1 Å². The monoisotopic (exact) mass is 667 g/mol. The number of benzene rings is 3. The number of unbranched alkanes of at least 4 members (excludes halogenated alkanes) is 2. The molecule has 0 bridgehead atoms. The maximum Gasteiger partial charge on any atom is 0.421 e. The maximum absolute atomic E-state index is 13.3. The van der Waals surface area contributed by atoms with E-state index in [1.807, 2.05) is 60.2 Å². The van der Waals surface area contributed by atoms with Gasteiger partial charge in [-0.1, -0.05) is 99.5 Å². The van der Waals surface area contributed by atoms with Crippen molar-refractivity contribution in [2.45, 2.75) is 77.3 Å². The summed E-state index contributed by atoms with van der Waals surface area (Å²) in [6, 6.07) is 25.1. The molecular formula is C37H41N5O5S.